The summed E-state index contributed by atoms with van der Waals surface area (Å²) in [4.78, 5) is 8.28. The molecule has 0 spiro atoms. The van der Waals surface area contributed by atoms with Gasteiger partial charge in [-0.3, -0.25) is 5.84 Å². The quantitative estimate of drug-likeness (QED) is 0.418. The molecule has 4 N–H and O–H groups in total. The van der Waals surface area contributed by atoms with Gasteiger partial charge >= 0.3 is 0 Å². The summed E-state index contributed by atoms with van der Waals surface area (Å²) < 4.78 is 0. The van der Waals surface area contributed by atoms with E-state index >= 15 is 0 Å². The summed E-state index contributed by atoms with van der Waals surface area (Å²) in [6.07, 6.45) is 0.540. The van der Waals surface area contributed by atoms with Crippen molar-refractivity contribution >= 4 is 28.2 Å². The second kappa shape index (κ2) is 4.19. The first-order chi connectivity index (χ1) is 7.60. The van der Waals surface area contributed by atoms with Crippen molar-refractivity contribution in [1.82, 2.24) is 15.4 Å². The highest BCUT2D eigenvalue weighted by atomic mass is 32.1. The fourth-order valence-corrected chi connectivity index (χ4v) is 1.75. The van der Waals surface area contributed by atoms with E-state index in [9.17, 15) is 0 Å². The Morgan fingerprint density at radius 1 is 1.44 bits per heavy atom. The third-order valence-corrected chi connectivity index (χ3v) is 2.90. The number of rotatable bonds is 2. The van der Waals surface area contributed by atoms with Gasteiger partial charge in [0.1, 0.15) is 5.82 Å². The lowest BCUT2D eigenvalue weighted by molar-refractivity contribution is 0.989. The Morgan fingerprint density at radius 2 is 2.12 bits per heavy atom. The molecule has 0 bridgehead atoms. The number of imidazole rings is 1. The number of nitrogens with zero attached hydrogens (tertiary/aromatic N) is 1. The molecule has 0 atom stereocenters. The highest BCUT2D eigenvalue weighted by Crippen LogP contribution is 2.17. The number of nitrogens with one attached hydrogen (secondary N) is 2. The maximum Gasteiger partial charge on any atom is 0.114 e. The summed E-state index contributed by atoms with van der Waals surface area (Å²) in [7, 11) is 0. The van der Waals surface area contributed by atoms with Gasteiger partial charge in [0.05, 0.1) is 22.4 Å². The van der Waals surface area contributed by atoms with Crippen LogP contribution in [0.25, 0.3) is 11.0 Å². The number of fused-ring (bicyclic) bond motifs is 1. The standard InChI is InChI=1S/C11H14N4S/c1-6-3-8-9(4-7(6)2)14-10(13-8)5-11(16)15-12/h3-4H,5,12H2,1-2H3,(H,13,14)(H,15,16). The maximum absolute atomic E-state index is 5.23. The Morgan fingerprint density at radius 3 is 2.81 bits per heavy atom. The molecule has 0 aliphatic rings. The summed E-state index contributed by atoms with van der Waals surface area (Å²) in [6, 6.07) is 4.17. The normalized spacial score (nSPS) is 10.7. The molecule has 16 heavy (non-hydrogen) atoms. The number of aromatic amines is 1. The number of benzene rings is 1. The number of hydrazine groups is 1. The van der Waals surface area contributed by atoms with Gasteiger partial charge in [0, 0.05) is 0 Å². The van der Waals surface area contributed by atoms with Crippen LogP contribution < -0.4 is 11.3 Å². The minimum absolute atomic E-state index is 0.540. The molecule has 5 heteroatoms. The number of aromatic nitrogens is 2. The number of nitrogens with two attached hydrogens (primary N) is 1. The van der Waals surface area contributed by atoms with Gasteiger partial charge in [-0.2, -0.15) is 0 Å². The van der Waals surface area contributed by atoms with Gasteiger partial charge in [-0.25, -0.2) is 4.98 Å². The Kier molecular flexibility index (Phi) is 2.89. The molecule has 4 nitrogen and oxygen atoms in total. The molecule has 0 aliphatic heterocycles. The molecular formula is C11H14N4S. The first-order valence-corrected chi connectivity index (χ1v) is 5.46. The Balaban J connectivity index is 2.40. The number of thiocarbonyl (C=S) groups is 1. The van der Waals surface area contributed by atoms with E-state index in [0.29, 0.717) is 11.4 Å². The van der Waals surface area contributed by atoms with Crippen molar-refractivity contribution < 1.29 is 0 Å². The maximum atomic E-state index is 5.23. The molecule has 0 amide bonds. The van der Waals surface area contributed by atoms with Crippen molar-refractivity contribution in [2.75, 3.05) is 0 Å². The van der Waals surface area contributed by atoms with Gasteiger partial charge in [-0.15, -0.1) is 0 Å². The Bertz CT molecular complexity index is 505. The summed E-state index contributed by atoms with van der Waals surface area (Å²) in [5.41, 5.74) is 6.95. The summed E-state index contributed by atoms with van der Waals surface area (Å²) in [5.74, 6) is 6.07. The van der Waals surface area contributed by atoms with Gasteiger partial charge in [0.25, 0.3) is 0 Å². The van der Waals surface area contributed by atoms with Crippen molar-refractivity contribution in [3.05, 3.63) is 29.1 Å². The highest BCUT2D eigenvalue weighted by Gasteiger charge is 2.06. The molecule has 0 fully saturated rings. The van der Waals surface area contributed by atoms with Crippen molar-refractivity contribution in [1.29, 1.82) is 0 Å². The van der Waals surface area contributed by atoms with Gasteiger partial charge in [0.15, 0.2) is 0 Å². The SMILES string of the molecule is Cc1cc2nc(CC(=S)NN)[nH]c2cc1C. The van der Waals surface area contributed by atoms with Crippen molar-refractivity contribution in [3.63, 3.8) is 0 Å². The highest BCUT2D eigenvalue weighted by molar-refractivity contribution is 7.80. The lowest BCUT2D eigenvalue weighted by Gasteiger charge is -1.97. The van der Waals surface area contributed by atoms with Gasteiger partial charge < -0.3 is 10.4 Å². The van der Waals surface area contributed by atoms with Crippen LogP contribution in [0.5, 0.6) is 0 Å². The molecule has 0 saturated carbocycles. The molecule has 1 aromatic carbocycles. The third kappa shape index (κ3) is 2.05. The van der Waals surface area contributed by atoms with Crippen LogP contribution in [0.1, 0.15) is 17.0 Å². The Hall–Kier alpha value is -1.46. The number of aryl methyl sites for hydroxylation is 2. The first kappa shape index (κ1) is 11.0. The lowest BCUT2D eigenvalue weighted by Crippen LogP contribution is -2.30. The molecular weight excluding hydrogens is 220 g/mol. The lowest BCUT2D eigenvalue weighted by atomic mass is 10.1. The second-order valence-corrected chi connectivity index (χ2v) is 4.37. The number of H-pyrrole nitrogens is 1. The topological polar surface area (TPSA) is 66.7 Å². The third-order valence-electron chi connectivity index (χ3n) is 2.64. The minimum Gasteiger partial charge on any atom is -0.342 e. The largest absolute Gasteiger partial charge is 0.342 e. The van der Waals surface area contributed by atoms with E-state index < -0.39 is 0 Å². The van der Waals surface area contributed by atoms with Crippen molar-refractivity contribution in [3.8, 4) is 0 Å². The van der Waals surface area contributed by atoms with Crippen LogP contribution in [-0.4, -0.2) is 15.0 Å². The van der Waals surface area contributed by atoms with Crippen LogP contribution in [0, 0.1) is 13.8 Å². The zero-order chi connectivity index (χ0) is 11.7. The monoisotopic (exact) mass is 234 g/mol. The van der Waals surface area contributed by atoms with E-state index in [1.807, 2.05) is 0 Å². The van der Waals surface area contributed by atoms with E-state index in [1.54, 1.807) is 0 Å². The van der Waals surface area contributed by atoms with Crippen LogP contribution in [0.15, 0.2) is 12.1 Å². The predicted octanol–water partition coefficient (Wildman–Crippen LogP) is 1.51. The first-order valence-electron chi connectivity index (χ1n) is 5.05. The van der Waals surface area contributed by atoms with Crippen LogP contribution in [0.4, 0.5) is 0 Å². The molecule has 2 aromatic rings. The van der Waals surface area contributed by atoms with Crippen molar-refractivity contribution in [2.45, 2.75) is 20.3 Å². The van der Waals surface area contributed by atoms with E-state index in [4.69, 9.17) is 18.1 Å². The summed E-state index contributed by atoms with van der Waals surface area (Å²) >= 11 is 5.00. The molecule has 0 unspecified atom stereocenters. The molecule has 84 valence electrons. The number of hydrogen-bond acceptors (Lipinski definition) is 3. The minimum atomic E-state index is 0.540. The number of hydrogen-bond donors (Lipinski definition) is 3. The molecule has 1 heterocycles. The van der Waals surface area contributed by atoms with Crippen LogP contribution in [-0.2, 0) is 6.42 Å². The Labute approximate surface area is 99.2 Å². The zero-order valence-corrected chi connectivity index (χ0v) is 10.1. The zero-order valence-electron chi connectivity index (χ0n) is 9.29. The second-order valence-electron chi connectivity index (χ2n) is 3.88. The van der Waals surface area contributed by atoms with Gasteiger partial charge in [0.2, 0.25) is 0 Å². The fourth-order valence-electron chi connectivity index (χ4n) is 1.61. The van der Waals surface area contributed by atoms with Crippen LogP contribution >= 0.6 is 12.2 Å². The van der Waals surface area contributed by atoms with Gasteiger partial charge in [-0.05, 0) is 37.1 Å². The van der Waals surface area contributed by atoms with E-state index in [2.05, 4.69) is 41.4 Å². The summed E-state index contributed by atoms with van der Waals surface area (Å²) in [6.45, 7) is 4.16. The fraction of sp³-hybridized carbons (Fsp3) is 0.273. The molecule has 1 aromatic heterocycles. The molecule has 0 aliphatic carbocycles. The van der Waals surface area contributed by atoms with E-state index in [0.717, 1.165) is 16.9 Å². The van der Waals surface area contributed by atoms with Crippen LogP contribution in [0.2, 0.25) is 0 Å². The van der Waals surface area contributed by atoms with E-state index in [-0.39, 0.29) is 0 Å². The average Bonchev–Trinajstić information content (AvgIpc) is 2.60. The van der Waals surface area contributed by atoms with Crippen molar-refractivity contribution in [2.24, 2.45) is 5.84 Å². The van der Waals surface area contributed by atoms with Crippen LogP contribution in [0.3, 0.4) is 0 Å². The predicted molar refractivity (Wildman–Crippen MR) is 69.2 cm³/mol. The summed E-state index contributed by atoms with van der Waals surface area (Å²) in [5, 5.41) is 0. The van der Waals surface area contributed by atoms with Gasteiger partial charge in [-0.1, -0.05) is 12.2 Å². The smallest absolute Gasteiger partial charge is 0.114 e. The molecule has 2 rings (SSSR count). The molecule has 0 saturated heterocycles. The average molecular weight is 234 g/mol. The molecule has 0 radical (unpaired) electrons. The van der Waals surface area contributed by atoms with E-state index in [1.165, 1.54) is 11.1 Å².